The lowest BCUT2D eigenvalue weighted by Gasteiger charge is -2.23. The molecular weight excluding hydrogens is 454 g/mol. The molecule has 0 radical (unpaired) electrons. The summed E-state index contributed by atoms with van der Waals surface area (Å²) in [6, 6.07) is 15.3. The summed E-state index contributed by atoms with van der Waals surface area (Å²) in [6.45, 7) is 1.90. The summed E-state index contributed by atoms with van der Waals surface area (Å²) in [4.78, 5) is 41.6. The van der Waals surface area contributed by atoms with Gasteiger partial charge in [-0.15, -0.1) is 11.3 Å². The van der Waals surface area contributed by atoms with Crippen LogP contribution in [0.4, 0.5) is 9.93 Å². The largest absolute Gasteiger partial charge is 0.480 e. The number of carbonyl (C=O) groups excluding carboxylic acids is 2. The van der Waals surface area contributed by atoms with E-state index in [9.17, 15) is 19.5 Å². The molecule has 34 heavy (non-hydrogen) atoms. The molecule has 1 aliphatic carbocycles. The Labute approximate surface area is 201 Å². The molecule has 176 valence electrons. The van der Waals surface area contributed by atoms with Crippen molar-refractivity contribution < 1.29 is 24.2 Å². The third-order valence-corrected chi connectivity index (χ3v) is 6.78. The molecule has 3 aromatic rings. The topological polar surface area (TPSA) is 109 Å². The molecule has 0 fully saturated rings. The van der Waals surface area contributed by atoms with E-state index in [0.29, 0.717) is 17.2 Å². The Morgan fingerprint density at radius 1 is 1.12 bits per heavy atom. The Kier molecular flexibility index (Phi) is 6.93. The summed E-state index contributed by atoms with van der Waals surface area (Å²) < 4.78 is 5.52. The molecule has 0 spiro atoms. The molecule has 2 aromatic carbocycles. The molecular formula is C25H25N3O5S. The maximum Gasteiger partial charge on any atom is 0.413 e. The quantitative estimate of drug-likeness (QED) is 0.497. The predicted octanol–water partition coefficient (Wildman–Crippen LogP) is 4.37. The number of aromatic nitrogens is 1. The van der Waals surface area contributed by atoms with Crippen molar-refractivity contribution in [2.24, 2.45) is 0 Å². The highest BCUT2D eigenvalue weighted by atomic mass is 32.1. The van der Waals surface area contributed by atoms with Crippen LogP contribution in [0.5, 0.6) is 0 Å². The molecule has 2 N–H and O–H groups in total. The fraction of sp³-hybridized carbons (Fsp3) is 0.280. The van der Waals surface area contributed by atoms with Crippen LogP contribution in [-0.4, -0.2) is 52.7 Å². The smallest absolute Gasteiger partial charge is 0.413 e. The molecule has 1 unspecified atom stereocenters. The fourth-order valence-corrected chi connectivity index (χ4v) is 4.93. The van der Waals surface area contributed by atoms with Gasteiger partial charge in [0, 0.05) is 18.3 Å². The van der Waals surface area contributed by atoms with E-state index in [4.69, 9.17) is 4.74 Å². The zero-order valence-corrected chi connectivity index (χ0v) is 19.7. The summed E-state index contributed by atoms with van der Waals surface area (Å²) in [5, 5.41) is 13.8. The van der Waals surface area contributed by atoms with Crippen LogP contribution in [0, 0.1) is 0 Å². The van der Waals surface area contributed by atoms with Gasteiger partial charge in [0.15, 0.2) is 5.13 Å². The van der Waals surface area contributed by atoms with Gasteiger partial charge in [-0.1, -0.05) is 55.5 Å². The first kappa shape index (κ1) is 23.4. The van der Waals surface area contributed by atoms with Crippen molar-refractivity contribution in [1.82, 2.24) is 9.88 Å². The number of hydrogen-bond acceptors (Lipinski definition) is 6. The summed E-state index contributed by atoms with van der Waals surface area (Å²) in [5.74, 6) is -1.44. The second kappa shape index (κ2) is 10.0. The molecule has 0 aliphatic heterocycles. The minimum absolute atomic E-state index is 0.0427. The lowest BCUT2D eigenvalue weighted by Crippen LogP contribution is -2.42. The van der Waals surface area contributed by atoms with Crippen LogP contribution >= 0.6 is 11.3 Å². The Morgan fingerprint density at radius 2 is 1.74 bits per heavy atom. The van der Waals surface area contributed by atoms with E-state index in [-0.39, 0.29) is 24.9 Å². The Bertz CT molecular complexity index is 1180. The van der Waals surface area contributed by atoms with Crippen molar-refractivity contribution in [3.05, 3.63) is 70.7 Å². The van der Waals surface area contributed by atoms with Gasteiger partial charge in [-0.25, -0.2) is 14.6 Å². The van der Waals surface area contributed by atoms with Gasteiger partial charge in [-0.3, -0.25) is 10.1 Å². The van der Waals surface area contributed by atoms with Crippen LogP contribution in [0.3, 0.4) is 0 Å². The number of aliphatic carboxylic acids is 1. The van der Waals surface area contributed by atoms with Crippen molar-refractivity contribution in [3.8, 4) is 11.1 Å². The third-order valence-electron chi connectivity index (χ3n) is 5.97. The highest BCUT2D eigenvalue weighted by molar-refractivity contribution is 7.13. The molecule has 1 aromatic heterocycles. The van der Waals surface area contributed by atoms with E-state index < -0.39 is 18.1 Å². The normalized spacial score (nSPS) is 13.0. The molecule has 0 bridgehead atoms. The highest BCUT2D eigenvalue weighted by Gasteiger charge is 2.29. The van der Waals surface area contributed by atoms with Crippen molar-refractivity contribution in [2.75, 3.05) is 19.0 Å². The van der Waals surface area contributed by atoms with Crippen LogP contribution in [0.25, 0.3) is 11.1 Å². The zero-order chi connectivity index (χ0) is 24.2. The Balaban J connectivity index is 1.34. The van der Waals surface area contributed by atoms with Crippen molar-refractivity contribution in [2.45, 2.75) is 31.7 Å². The summed E-state index contributed by atoms with van der Waals surface area (Å²) in [5.41, 5.74) is 5.01. The molecule has 0 saturated heterocycles. The molecule has 9 heteroatoms. The number of rotatable bonds is 8. The average molecular weight is 480 g/mol. The SMILES string of the molecule is CCC(C(=O)O)N(C)C(=O)Cc1csc(NC(=O)OCC2c3ccccc3-c3ccccc32)n1. The predicted molar refractivity (Wildman–Crippen MR) is 129 cm³/mol. The van der Waals surface area contributed by atoms with E-state index in [1.165, 1.54) is 23.3 Å². The average Bonchev–Trinajstić information content (AvgIpc) is 3.39. The Hall–Kier alpha value is -3.72. The number of thiazole rings is 1. The zero-order valence-electron chi connectivity index (χ0n) is 18.9. The number of anilines is 1. The number of carbonyl (C=O) groups is 3. The first-order valence-electron chi connectivity index (χ1n) is 10.9. The number of nitrogens with zero attached hydrogens (tertiary/aromatic N) is 2. The molecule has 1 aliphatic rings. The second-order valence-corrected chi connectivity index (χ2v) is 8.90. The van der Waals surface area contributed by atoms with Gasteiger partial charge in [0.1, 0.15) is 12.6 Å². The van der Waals surface area contributed by atoms with Gasteiger partial charge in [0.25, 0.3) is 0 Å². The Morgan fingerprint density at radius 3 is 2.32 bits per heavy atom. The first-order chi connectivity index (χ1) is 16.4. The maximum absolute atomic E-state index is 12.4. The standard InChI is InChI=1S/C25H25N3O5S/c1-3-21(23(30)31)28(2)22(29)12-15-14-34-24(26-15)27-25(32)33-13-20-18-10-6-4-8-16(18)17-9-5-7-11-19(17)20/h4-11,14,20-21H,3,12-13H2,1-2H3,(H,30,31)(H,26,27,32). The van der Waals surface area contributed by atoms with Gasteiger partial charge in [-0.05, 0) is 28.7 Å². The van der Waals surface area contributed by atoms with Crippen LogP contribution in [-0.2, 0) is 20.7 Å². The fourth-order valence-electron chi connectivity index (χ4n) is 4.23. The minimum atomic E-state index is -1.05. The number of carboxylic acids is 1. The number of hydrogen-bond donors (Lipinski definition) is 2. The molecule has 8 nitrogen and oxygen atoms in total. The van der Waals surface area contributed by atoms with Gasteiger partial charge in [-0.2, -0.15) is 0 Å². The summed E-state index contributed by atoms with van der Waals surface area (Å²) in [7, 11) is 1.47. The van der Waals surface area contributed by atoms with E-state index in [0.717, 1.165) is 22.3 Å². The van der Waals surface area contributed by atoms with Gasteiger partial charge in [0.2, 0.25) is 5.91 Å². The van der Waals surface area contributed by atoms with Crippen molar-refractivity contribution in [3.63, 3.8) is 0 Å². The molecule has 0 saturated carbocycles. The van der Waals surface area contributed by atoms with E-state index >= 15 is 0 Å². The monoisotopic (exact) mass is 479 g/mol. The maximum atomic E-state index is 12.4. The van der Waals surface area contributed by atoms with Crippen LogP contribution in [0.15, 0.2) is 53.9 Å². The van der Waals surface area contributed by atoms with Gasteiger partial charge in [0.05, 0.1) is 12.1 Å². The van der Waals surface area contributed by atoms with Crippen LogP contribution in [0.1, 0.15) is 36.1 Å². The number of amides is 2. The minimum Gasteiger partial charge on any atom is -0.480 e. The molecule has 2 amide bonds. The highest BCUT2D eigenvalue weighted by Crippen LogP contribution is 2.44. The van der Waals surface area contributed by atoms with Crippen LogP contribution in [0.2, 0.25) is 0 Å². The number of ether oxygens (including phenoxy) is 1. The van der Waals surface area contributed by atoms with Crippen molar-refractivity contribution in [1.29, 1.82) is 0 Å². The summed E-state index contributed by atoms with van der Waals surface area (Å²) in [6.07, 6.45) is -0.366. The number of nitrogens with one attached hydrogen (secondary N) is 1. The lowest BCUT2D eigenvalue weighted by atomic mass is 9.98. The number of likely N-dealkylation sites (N-methyl/N-ethyl adjacent to an activating group) is 1. The third kappa shape index (κ3) is 4.79. The second-order valence-electron chi connectivity index (χ2n) is 8.04. The lowest BCUT2D eigenvalue weighted by molar-refractivity contribution is -0.148. The van der Waals surface area contributed by atoms with Crippen LogP contribution < -0.4 is 5.32 Å². The number of fused-ring (bicyclic) bond motifs is 3. The van der Waals surface area contributed by atoms with Crippen molar-refractivity contribution >= 4 is 34.4 Å². The van der Waals surface area contributed by atoms with Gasteiger partial charge >= 0.3 is 12.1 Å². The van der Waals surface area contributed by atoms with E-state index in [1.54, 1.807) is 12.3 Å². The number of benzene rings is 2. The molecule has 4 rings (SSSR count). The van der Waals surface area contributed by atoms with E-state index in [2.05, 4.69) is 34.6 Å². The number of carboxylic acid groups (broad SMARTS) is 1. The molecule has 1 atom stereocenters. The van der Waals surface area contributed by atoms with Gasteiger partial charge < -0.3 is 14.7 Å². The van der Waals surface area contributed by atoms with E-state index in [1.807, 2.05) is 24.3 Å². The summed E-state index contributed by atoms with van der Waals surface area (Å²) >= 11 is 1.18. The first-order valence-corrected chi connectivity index (χ1v) is 11.8. The molecule has 1 heterocycles.